The van der Waals surface area contributed by atoms with E-state index in [-0.39, 0.29) is 0 Å². The number of hydrogen-bond donors (Lipinski definition) is 1. The second-order valence-corrected chi connectivity index (χ2v) is 3.24. The van der Waals surface area contributed by atoms with Crippen LogP contribution in [-0.2, 0) is 0 Å². The van der Waals surface area contributed by atoms with Crippen LogP contribution in [0.4, 0.5) is 0 Å². The van der Waals surface area contributed by atoms with E-state index >= 15 is 0 Å². The van der Waals surface area contributed by atoms with Crippen LogP contribution in [0, 0.1) is 5.92 Å². The molecule has 0 amide bonds. The molecule has 0 aromatic rings. The monoisotopic (exact) mass is 140 g/mol. The fourth-order valence-electron chi connectivity index (χ4n) is 1.60. The fraction of sp³-hybridized carbons (Fsp3) is 0.778. The van der Waals surface area contributed by atoms with E-state index in [9.17, 15) is 0 Å². The van der Waals surface area contributed by atoms with Crippen LogP contribution < -0.4 is 0 Å². The first kappa shape index (κ1) is 7.80. The van der Waals surface area contributed by atoms with Gasteiger partial charge in [-0.2, -0.15) is 0 Å². The third-order valence-corrected chi connectivity index (χ3v) is 2.61. The summed E-state index contributed by atoms with van der Waals surface area (Å²) >= 11 is 0. The summed E-state index contributed by atoms with van der Waals surface area (Å²) < 4.78 is 0. The summed E-state index contributed by atoms with van der Waals surface area (Å²) in [5, 5.41) is 8.95. The molecule has 1 unspecified atom stereocenters. The van der Waals surface area contributed by atoms with Gasteiger partial charge in [-0.3, -0.25) is 0 Å². The Morgan fingerprint density at radius 1 is 1.50 bits per heavy atom. The van der Waals surface area contributed by atoms with Crippen LogP contribution in [-0.4, -0.2) is 11.7 Å². The minimum absolute atomic E-state index is 0.336. The lowest BCUT2D eigenvalue weighted by atomic mass is 9.85. The molecule has 0 aliphatic heterocycles. The molecule has 0 spiro atoms. The third-order valence-electron chi connectivity index (χ3n) is 2.61. The van der Waals surface area contributed by atoms with E-state index < -0.39 is 0 Å². The number of allylic oxidation sites excluding steroid dienone is 1. The number of aliphatic hydroxyl groups is 1. The highest BCUT2D eigenvalue weighted by atomic mass is 16.3. The molecular weight excluding hydrogens is 124 g/mol. The van der Waals surface area contributed by atoms with Gasteiger partial charge >= 0.3 is 0 Å². The average molecular weight is 140 g/mol. The Labute approximate surface area is 62.8 Å². The number of aliphatic hydroxyl groups excluding tert-OH is 1. The fourth-order valence-corrected chi connectivity index (χ4v) is 1.60. The Hall–Kier alpha value is -0.300. The van der Waals surface area contributed by atoms with Gasteiger partial charge in [0.2, 0.25) is 0 Å². The summed E-state index contributed by atoms with van der Waals surface area (Å²) in [6, 6.07) is 0. The van der Waals surface area contributed by atoms with E-state index in [1.165, 1.54) is 30.4 Å². The molecule has 1 nitrogen and oxygen atoms in total. The normalized spacial score (nSPS) is 27.3. The minimum Gasteiger partial charge on any atom is -0.396 e. The van der Waals surface area contributed by atoms with Crippen molar-refractivity contribution in [3.8, 4) is 0 Å². The standard InChI is InChI=1S/C9H16O/c1-7-4-3-5-9(6-10)8(7)2/h9-10H,3-6H2,1-2H3. The van der Waals surface area contributed by atoms with Crippen LogP contribution >= 0.6 is 0 Å². The quantitative estimate of drug-likeness (QED) is 0.553. The summed E-state index contributed by atoms with van der Waals surface area (Å²) in [5.74, 6) is 0.466. The molecule has 0 saturated carbocycles. The summed E-state index contributed by atoms with van der Waals surface area (Å²) in [4.78, 5) is 0. The van der Waals surface area contributed by atoms with Crippen molar-refractivity contribution in [3.05, 3.63) is 11.1 Å². The zero-order valence-electron chi connectivity index (χ0n) is 6.85. The molecule has 1 aliphatic rings. The summed E-state index contributed by atoms with van der Waals surface area (Å²) in [6.45, 7) is 4.66. The van der Waals surface area contributed by atoms with Gasteiger partial charge in [0.1, 0.15) is 0 Å². The molecule has 0 saturated heterocycles. The van der Waals surface area contributed by atoms with Crippen molar-refractivity contribution in [2.24, 2.45) is 5.92 Å². The smallest absolute Gasteiger partial charge is 0.0496 e. The van der Waals surface area contributed by atoms with E-state index in [0.29, 0.717) is 12.5 Å². The van der Waals surface area contributed by atoms with Crippen molar-refractivity contribution in [2.45, 2.75) is 33.1 Å². The Balaban J connectivity index is 2.68. The van der Waals surface area contributed by atoms with Crippen molar-refractivity contribution in [1.82, 2.24) is 0 Å². The Kier molecular flexibility index (Phi) is 2.50. The zero-order valence-corrected chi connectivity index (χ0v) is 6.85. The highest BCUT2D eigenvalue weighted by Gasteiger charge is 2.15. The summed E-state index contributed by atoms with van der Waals surface area (Å²) in [6.07, 6.45) is 3.68. The van der Waals surface area contributed by atoms with Gasteiger partial charge in [-0.25, -0.2) is 0 Å². The van der Waals surface area contributed by atoms with Crippen molar-refractivity contribution in [1.29, 1.82) is 0 Å². The first-order chi connectivity index (χ1) is 4.75. The Morgan fingerprint density at radius 2 is 2.20 bits per heavy atom. The molecular formula is C9H16O. The largest absolute Gasteiger partial charge is 0.396 e. The van der Waals surface area contributed by atoms with E-state index in [1.807, 2.05) is 0 Å². The van der Waals surface area contributed by atoms with E-state index in [4.69, 9.17) is 5.11 Å². The Morgan fingerprint density at radius 3 is 2.70 bits per heavy atom. The van der Waals surface area contributed by atoms with Gasteiger partial charge in [-0.15, -0.1) is 0 Å². The molecule has 0 aromatic carbocycles. The average Bonchev–Trinajstić information content (AvgIpc) is 1.95. The van der Waals surface area contributed by atoms with Gasteiger partial charge in [0.05, 0.1) is 0 Å². The predicted octanol–water partition coefficient (Wildman–Crippen LogP) is 2.12. The summed E-state index contributed by atoms with van der Waals surface area (Å²) in [5.41, 5.74) is 2.92. The molecule has 1 rings (SSSR count). The zero-order chi connectivity index (χ0) is 7.56. The van der Waals surface area contributed by atoms with Crippen LogP contribution in [0.1, 0.15) is 33.1 Å². The Bertz CT molecular complexity index is 147. The SMILES string of the molecule is CC1=C(C)C(CO)CCC1. The van der Waals surface area contributed by atoms with Gasteiger partial charge in [0, 0.05) is 12.5 Å². The van der Waals surface area contributed by atoms with Crippen LogP contribution in [0.5, 0.6) is 0 Å². The molecule has 0 radical (unpaired) electrons. The third kappa shape index (κ3) is 1.40. The summed E-state index contributed by atoms with van der Waals surface area (Å²) in [7, 11) is 0. The van der Waals surface area contributed by atoms with Crippen molar-refractivity contribution in [3.63, 3.8) is 0 Å². The molecule has 58 valence electrons. The second-order valence-electron chi connectivity index (χ2n) is 3.24. The van der Waals surface area contributed by atoms with Crippen LogP contribution in [0.3, 0.4) is 0 Å². The lowest BCUT2D eigenvalue weighted by Gasteiger charge is -2.22. The molecule has 0 fully saturated rings. The molecule has 0 heterocycles. The molecule has 1 heteroatoms. The van der Waals surface area contributed by atoms with Crippen LogP contribution in [0.15, 0.2) is 11.1 Å². The van der Waals surface area contributed by atoms with E-state index in [1.54, 1.807) is 0 Å². The van der Waals surface area contributed by atoms with Gasteiger partial charge < -0.3 is 5.11 Å². The van der Waals surface area contributed by atoms with E-state index in [0.717, 1.165) is 0 Å². The van der Waals surface area contributed by atoms with Gasteiger partial charge in [0.15, 0.2) is 0 Å². The van der Waals surface area contributed by atoms with Crippen LogP contribution in [0.25, 0.3) is 0 Å². The molecule has 1 atom stereocenters. The lowest BCUT2D eigenvalue weighted by molar-refractivity contribution is 0.232. The second kappa shape index (κ2) is 3.20. The van der Waals surface area contributed by atoms with Gasteiger partial charge in [-0.05, 0) is 33.1 Å². The topological polar surface area (TPSA) is 20.2 Å². The first-order valence-electron chi connectivity index (χ1n) is 4.02. The van der Waals surface area contributed by atoms with E-state index in [2.05, 4.69) is 13.8 Å². The van der Waals surface area contributed by atoms with Crippen LogP contribution in [0.2, 0.25) is 0 Å². The minimum atomic E-state index is 0.336. The predicted molar refractivity (Wildman–Crippen MR) is 42.8 cm³/mol. The number of hydrogen-bond acceptors (Lipinski definition) is 1. The highest BCUT2D eigenvalue weighted by Crippen LogP contribution is 2.28. The number of rotatable bonds is 1. The van der Waals surface area contributed by atoms with Crippen molar-refractivity contribution in [2.75, 3.05) is 6.61 Å². The van der Waals surface area contributed by atoms with Gasteiger partial charge in [-0.1, -0.05) is 11.1 Å². The van der Waals surface area contributed by atoms with Crippen molar-refractivity contribution < 1.29 is 5.11 Å². The lowest BCUT2D eigenvalue weighted by Crippen LogP contribution is -2.12. The van der Waals surface area contributed by atoms with Crippen molar-refractivity contribution >= 4 is 0 Å². The van der Waals surface area contributed by atoms with Gasteiger partial charge in [0.25, 0.3) is 0 Å². The maximum absolute atomic E-state index is 8.95. The first-order valence-corrected chi connectivity index (χ1v) is 4.02. The molecule has 0 bridgehead atoms. The highest BCUT2D eigenvalue weighted by molar-refractivity contribution is 5.15. The molecule has 10 heavy (non-hydrogen) atoms. The molecule has 0 aromatic heterocycles. The molecule has 1 N–H and O–H groups in total. The maximum Gasteiger partial charge on any atom is 0.0496 e. The maximum atomic E-state index is 8.95. The molecule has 1 aliphatic carbocycles.